The van der Waals surface area contributed by atoms with Crippen molar-refractivity contribution in [2.75, 3.05) is 0 Å². The lowest BCUT2D eigenvalue weighted by molar-refractivity contribution is 0.323. The van der Waals surface area contributed by atoms with E-state index in [9.17, 15) is 0 Å². The van der Waals surface area contributed by atoms with Gasteiger partial charge in [-0.3, -0.25) is 4.68 Å². The van der Waals surface area contributed by atoms with Gasteiger partial charge in [-0.1, -0.05) is 12.8 Å². The van der Waals surface area contributed by atoms with E-state index in [2.05, 4.69) is 35.3 Å². The average Bonchev–Trinajstić information content (AvgIpc) is 3.00. The second-order valence-corrected chi connectivity index (χ2v) is 6.11. The van der Waals surface area contributed by atoms with Gasteiger partial charge in [0.05, 0.1) is 6.20 Å². The molecule has 100 valence electrons. The zero-order valence-corrected chi connectivity index (χ0v) is 11.7. The maximum Gasteiger partial charge on any atom is 0.0540 e. The van der Waals surface area contributed by atoms with Crippen LogP contribution in [0.25, 0.3) is 0 Å². The van der Waals surface area contributed by atoms with Gasteiger partial charge in [-0.2, -0.15) is 5.10 Å². The number of nitrogens with zero attached hydrogens (tertiary/aromatic N) is 2. The van der Waals surface area contributed by atoms with Crippen LogP contribution in [0, 0.1) is 5.92 Å². The number of aromatic nitrogens is 2. The van der Waals surface area contributed by atoms with Gasteiger partial charge in [0.15, 0.2) is 0 Å². The Bertz CT molecular complexity index is 404. The minimum absolute atomic E-state index is 0.540. The minimum Gasteiger partial charge on any atom is -0.307 e. The Kier molecular flexibility index (Phi) is 3.42. The molecule has 2 atom stereocenters. The summed E-state index contributed by atoms with van der Waals surface area (Å²) in [7, 11) is 2.07. The van der Waals surface area contributed by atoms with Gasteiger partial charge < -0.3 is 5.32 Å². The molecule has 1 aromatic heterocycles. The van der Waals surface area contributed by atoms with Crippen molar-refractivity contribution in [2.24, 2.45) is 13.0 Å². The second kappa shape index (κ2) is 5.04. The van der Waals surface area contributed by atoms with E-state index in [0.29, 0.717) is 12.1 Å². The summed E-state index contributed by atoms with van der Waals surface area (Å²) in [5, 5.41) is 8.31. The first-order valence-electron chi connectivity index (χ1n) is 7.52. The molecule has 3 rings (SSSR count). The van der Waals surface area contributed by atoms with E-state index in [1.165, 1.54) is 56.2 Å². The van der Waals surface area contributed by atoms with Crippen LogP contribution in [0.1, 0.15) is 62.7 Å². The number of hydrogen-bond donors (Lipinski definition) is 1. The molecule has 1 saturated carbocycles. The molecule has 3 nitrogen and oxygen atoms in total. The Balaban J connectivity index is 1.70. The number of aryl methyl sites for hydroxylation is 1. The lowest BCUT2D eigenvalue weighted by Crippen LogP contribution is -2.36. The molecule has 0 spiro atoms. The van der Waals surface area contributed by atoms with Crippen LogP contribution >= 0.6 is 0 Å². The predicted molar refractivity (Wildman–Crippen MR) is 73.4 cm³/mol. The van der Waals surface area contributed by atoms with Crippen molar-refractivity contribution in [3.63, 3.8) is 0 Å². The van der Waals surface area contributed by atoms with Gasteiger partial charge in [-0.15, -0.1) is 0 Å². The number of fused-ring (bicyclic) bond motifs is 1. The van der Waals surface area contributed by atoms with Crippen LogP contribution < -0.4 is 5.32 Å². The first-order chi connectivity index (χ1) is 8.75. The highest BCUT2D eigenvalue weighted by Crippen LogP contribution is 2.33. The standard InChI is InChI=1S/C15H25N3/c1-11(12-6-3-4-7-12)17-14-8-5-9-15-13(14)10-16-18(15)2/h10-12,14,17H,3-9H2,1-2H3/t11-,14?/m0/s1. The molecular formula is C15H25N3. The Morgan fingerprint density at radius 3 is 2.83 bits per heavy atom. The number of hydrogen-bond acceptors (Lipinski definition) is 2. The first kappa shape index (κ1) is 12.2. The monoisotopic (exact) mass is 247 g/mol. The van der Waals surface area contributed by atoms with Gasteiger partial charge in [-0.25, -0.2) is 0 Å². The fourth-order valence-corrected chi connectivity index (χ4v) is 3.79. The highest BCUT2D eigenvalue weighted by Gasteiger charge is 2.28. The molecule has 1 fully saturated rings. The third-order valence-electron chi connectivity index (χ3n) is 4.95. The highest BCUT2D eigenvalue weighted by molar-refractivity contribution is 5.24. The van der Waals surface area contributed by atoms with Gasteiger partial charge in [0, 0.05) is 30.4 Å². The Morgan fingerprint density at radius 2 is 2.06 bits per heavy atom. The van der Waals surface area contributed by atoms with Crippen molar-refractivity contribution in [1.82, 2.24) is 15.1 Å². The molecule has 0 aliphatic heterocycles. The Hall–Kier alpha value is -0.830. The summed E-state index contributed by atoms with van der Waals surface area (Å²) in [6, 6.07) is 1.20. The van der Waals surface area contributed by atoms with Gasteiger partial charge >= 0.3 is 0 Å². The van der Waals surface area contributed by atoms with Crippen molar-refractivity contribution >= 4 is 0 Å². The Morgan fingerprint density at radius 1 is 1.28 bits per heavy atom. The molecule has 1 heterocycles. The van der Waals surface area contributed by atoms with E-state index >= 15 is 0 Å². The van der Waals surface area contributed by atoms with Crippen LogP contribution in [0.2, 0.25) is 0 Å². The van der Waals surface area contributed by atoms with E-state index in [0.717, 1.165) is 5.92 Å². The van der Waals surface area contributed by atoms with Crippen molar-refractivity contribution in [1.29, 1.82) is 0 Å². The largest absolute Gasteiger partial charge is 0.307 e. The van der Waals surface area contributed by atoms with E-state index in [4.69, 9.17) is 0 Å². The van der Waals surface area contributed by atoms with Crippen LogP contribution in [0.5, 0.6) is 0 Å². The SMILES string of the molecule is C[C@H](NC1CCCc2c1cnn2C)C1CCCC1. The maximum absolute atomic E-state index is 4.43. The van der Waals surface area contributed by atoms with Gasteiger partial charge in [0.1, 0.15) is 0 Å². The first-order valence-corrected chi connectivity index (χ1v) is 7.52. The molecule has 1 N–H and O–H groups in total. The molecular weight excluding hydrogens is 222 g/mol. The molecule has 1 unspecified atom stereocenters. The Labute approximate surface area is 110 Å². The lowest BCUT2D eigenvalue weighted by atomic mass is 9.90. The average molecular weight is 247 g/mol. The van der Waals surface area contributed by atoms with Crippen LogP contribution in [-0.4, -0.2) is 15.8 Å². The molecule has 0 bridgehead atoms. The summed E-state index contributed by atoms with van der Waals surface area (Å²) in [4.78, 5) is 0. The third-order valence-corrected chi connectivity index (χ3v) is 4.95. The number of nitrogens with one attached hydrogen (secondary N) is 1. The van der Waals surface area contributed by atoms with E-state index < -0.39 is 0 Å². The van der Waals surface area contributed by atoms with Crippen molar-refractivity contribution in [3.05, 3.63) is 17.5 Å². The molecule has 0 amide bonds. The molecule has 1 aromatic rings. The number of rotatable bonds is 3. The predicted octanol–water partition coefficient (Wildman–Crippen LogP) is 2.97. The molecule has 2 aliphatic carbocycles. The van der Waals surface area contributed by atoms with Gasteiger partial charge in [0.2, 0.25) is 0 Å². The van der Waals surface area contributed by atoms with E-state index in [1.54, 1.807) is 0 Å². The summed E-state index contributed by atoms with van der Waals surface area (Å²) in [5.74, 6) is 0.895. The zero-order valence-electron chi connectivity index (χ0n) is 11.7. The third kappa shape index (κ3) is 2.20. The molecule has 0 radical (unpaired) electrons. The summed E-state index contributed by atoms with van der Waals surface area (Å²) in [6.45, 7) is 2.38. The smallest absolute Gasteiger partial charge is 0.0540 e. The van der Waals surface area contributed by atoms with Crippen LogP contribution in [0.4, 0.5) is 0 Å². The topological polar surface area (TPSA) is 29.9 Å². The van der Waals surface area contributed by atoms with E-state index in [1.807, 2.05) is 0 Å². The summed E-state index contributed by atoms with van der Waals surface area (Å²) in [6.07, 6.45) is 11.5. The highest BCUT2D eigenvalue weighted by atomic mass is 15.3. The van der Waals surface area contributed by atoms with Gasteiger partial charge in [-0.05, 0) is 44.9 Å². The van der Waals surface area contributed by atoms with Crippen LogP contribution in [0.3, 0.4) is 0 Å². The molecule has 0 aromatic carbocycles. The van der Waals surface area contributed by atoms with Crippen molar-refractivity contribution in [3.8, 4) is 0 Å². The second-order valence-electron chi connectivity index (χ2n) is 6.11. The maximum atomic E-state index is 4.43. The van der Waals surface area contributed by atoms with Crippen LogP contribution in [0.15, 0.2) is 6.20 Å². The fourth-order valence-electron chi connectivity index (χ4n) is 3.79. The van der Waals surface area contributed by atoms with Gasteiger partial charge in [0.25, 0.3) is 0 Å². The molecule has 3 heteroatoms. The van der Waals surface area contributed by atoms with Crippen LogP contribution in [-0.2, 0) is 13.5 Å². The lowest BCUT2D eigenvalue weighted by Gasteiger charge is -2.30. The molecule has 0 saturated heterocycles. The summed E-state index contributed by atoms with van der Waals surface area (Å²) >= 11 is 0. The van der Waals surface area contributed by atoms with Crippen molar-refractivity contribution in [2.45, 2.75) is 64.0 Å². The minimum atomic E-state index is 0.540. The van der Waals surface area contributed by atoms with Crippen molar-refractivity contribution < 1.29 is 0 Å². The molecule has 2 aliphatic rings. The zero-order chi connectivity index (χ0) is 12.5. The molecule has 18 heavy (non-hydrogen) atoms. The van der Waals surface area contributed by atoms with E-state index in [-0.39, 0.29) is 0 Å². The fraction of sp³-hybridized carbons (Fsp3) is 0.800. The summed E-state index contributed by atoms with van der Waals surface area (Å²) < 4.78 is 2.06. The normalized spacial score (nSPS) is 26.2. The quantitative estimate of drug-likeness (QED) is 0.890. The summed E-state index contributed by atoms with van der Waals surface area (Å²) in [5.41, 5.74) is 2.89.